The van der Waals surface area contributed by atoms with Gasteiger partial charge in [-0.2, -0.15) is 11.3 Å². The maximum Gasteiger partial charge on any atom is 0.262 e. The monoisotopic (exact) mass is 416 g/mol. The summed E-state index contributed by atoms with van der Waals surface area (Å²) in [6.45, 7) is 0. The van der Waals surface area contributed by atoms with E-state index in [0.29, 0.717) is 10.6 Å². The first-order chi connectivity index (χ1) is 7.18. The Labute approximate surface area is 108 Å². The van der Waals surface area contributed by atoms with Crippen molar-refractivity contribution in [2.24, 2.45) is 0 Å². The molecular weight excluding hydrogens is 411 g/mol. The third kappa shape index (κ3) is 2.49. The molecule has 1 radical (unpaired) electrons. The van der Waals surface area contributed by atoms with Crippen molar-refractivity contribution in [2.45, 2.75) is 0 Å². The second-order valence-corrected chi connectivity index (χ2v) is 3.65. The number of hydrogen-bond acceptors (Lipinski definition) is 4. The molecule has 0 aliphatic rings. The number of halogens is 1. The number of nitro groups is 1. The van der Waals surface area contributed by atoms with E-state index >= 15 is 0 Å². The van der Waals surface area contributed by atoms with Gasteiger partial charge in [0.2, 0.25) is 0 Å². The summed E-state index contributed by atoms with van der Waals surface area (Å²) < 4.78 is 13.0. The van der Waals surface area contributed by atoms with E-state index in [1.165, 1.54) is 6.20 Å². The summed E-state index contributed by atoms with van der Waals surface area (Å²) in [5, 5.41) is 9.87. The quantitative estimate of drug-likeness (QED) is 0.431. The molecule has 0 fully saturated rings. The van der Waals surface area contributed by atoms with E-state index in [9.17, 15) is 14.5 Å². The first-order valence-corrected chi connectivity index (χ1v) is 4.77. The van der Waals surface area contributed by atoms with Crippen LogP contribution in [0.15, 0.2) is 24.4 Å². The molecule has 4 nitrogen and oxygen atoms in total. The average Bonchev–Trinajstić information content (AvgIpc) is 2.62. The van der Waals surface area contributed by atoms with E-state index in [-0.39, 0.29) is 20.1 Å². The molecule has 2 aromatic heterocycles. The van der Waals surface area contributed by atoms with Crippen LogP contribution in [0, 0.1) is 22.0 Å². The Hall–Kier alpha value is -1.17. The fourth-order valence-corrected chi connectivity index (χ4v) is 1.83. The van der Waals surface area contributed by atoms with Gasteiger partial charge in [-0.3, -0.25) is 10.1 Å². The minimum absolute atomic E-state index is 0. The molecule has 0 saturated carbocycles. The van der Waals surface area contributed by atoms with Crippen molar-refractivity contribution in [3.8, 4) is 10.6 Å². The van der Waals surface area contributed by atoms with Crippen molar-refractivity contribution >= 4 is 16.3 Å². The third-order valence-corrected chi connectivity index (χ3v) is 2.71. The fourth-order valence-electron chi connectivity index (χ4n) is 1.05. The summed E-state index contributed by atoms with van der Waals surface area (Å²) >= 11 is 0.729. The normalized spacial score (nSPS) is 9.56. The predicted molar refractivity (Wildman–Crippen MR) is 53.0 cm³/mol. The molecule has 85 valence electrons. The largest absolute Gasteiger partial charge is 0.319 e. The zero-order valence-electron chi connectivity index (χ0n) is 7.64. The topological polar surface area (TPSA) is 56.0 Å². The Bertz CT molecular complexity index is 503. The summed E-state index contributed by atoms with van der Waals surface area (Å²) in [7, 11) is 0. The molecule has 0 amide bonds. The van der Waals surface area contributed by atoms with Gasteiger partial charge in [0, 0.05) is 31.2 Å². The Morgan fingerprint density at radius 2 is 2.25 bits per heavy atom. The number of hydrogen-bond donors (Lipinski definition) is 0. The molecule has 0 N–H and O–H groups in total. The minimum Gasteiger partial charge on any atom is -0.319 e. The number of aromatic nitrogens is 1. The van der Waals surface area contributed by atoms with Crippen molar-refractivity contribution in [1.82, 2.24) is 4.98 Å². The van der Waals surface area contributed by atoms with Gasteiger partial charge in [0.15, 0.2) is 0 Å². The maximum absolute atomic E-state index is 13.0. The molecule has 0 bridgehead atoms. The van der Waals surface area contributed by atoms with Crippen LogP contribution < -0.4 is 0 Å². The van der Waals surface area contributed by atoms with E-state index in [1.54, 1.807) is 18.2 Å². The van der Waals surface area contributed by atoms with Crippen LogP contribution in [0.25, 0.3) is 10.6 Å². The summed E-state index contributed by atoms with van der Waals surface area (Å²) in [5.74, 6) is -0.939. The molecule has 2 aromatic rings. The first kappa shape index (κ1) is 12.9. The van der Waals surface area contributed by atoms with Gasteiger partial charge >= 0.3 is 0 Å². The molecule has 2 rings (SSSR count). The summed E-state index contributed by atoms with van der Waals surface area (Å²) in [6, 6.07) is 7.37. The molecule has 2 heterocycles. The van der Waals surface area contributed by atoms with E-state index < -0.39 is 15.7 Å². The van der Waals surface area contributed by atoms with Crippen molar-refractivity contribution in [2.75, 3.05) is 0 Å². The van der Waals surface area contributed by atoms with Crippen molar-refractivity contribution < 1.29 is 29.4 Å². The summed E-state index contributed by atoms with van der Waals surface area (Å²) in [6.07, 6.45) is 1.53. The number of pyridine rings is 1. The average molecular weight is 415 g/mol. The Balaban J connectivity index is 0.00000128. The third-order valence-electron chi connectivity index (χ3n) is 1.67. The van der Waals surface area contributed by atoms with Crippen LogP contribution in [0.1, 0.15) is 0 Å². The van der Waals surface area contributed by atoms with Crippen LogP contribution in [-0.2, 0) is 20.1 Å². The van der Waals surface area contributed by atoms with Gasteiger partial charge in [-0.1, -0.05) is 17.0 Å². The van der Waals surface area contributed by atoms with Crippen LogP contribution in [0.3, 0.4) is 0 Å². The molecule has 16 heavy (non-hydrogen) atoms. The number of thiophene rings is 1. The van der Waals surface area contributed by atoms with Gasteiger partial charge in [-0.25, -0.2) is 4.39 Å². The molecule has 0 aromatic carbocycles. The van der Waals surface area contributed by atoms with Crippen molar-refractivity contribution in [3.63, 3.8) is 0 Å². The molecule has 0 saturated heterocycles. The van der Waals surface area contributed by atoms with Crippen LogP contribution >= 0.6 is 11.3 Å². The summed E-state index contributed by atoms with van der Waals surface area (Å²) in [4.78, 5) is 13.9. The smallest absolute Gasteiger partial charge is 0.262 e. The predicted octanol–water partition coefficient (Wildman–Crippen LogP) is 2.66. The van der Waals surface area contributed by atoms with Crippen LogP contribution in [-0.4, -0.2) is 9.91 Å². The number of rotatable bonds is 2. The van der Waals surface area contributed by atoms with Crippen LogP contribution in [0.2, 0.25) is 0 Å². The van der Waals surface area contributed by atoms with Crippen LogP contribution in [0.5, 0.6) is 0 Å². The van der Waals surface area contributed by atoms with E-state index in [4.69, 9.17) is 0 Å². The maximum atomic E-state index is 13.0. The summed E-state index contributed by atoms with van der Waals surface area (Å²) in [5.41, 5.74) is 0.481. The van der Waals surface area contributed by atoms with E-state index in [0.717, 1.165) is 11.3 Å². The molecule has 7 heteroatoms. The van der Waals surface area contributed by atoms with Gasteiger partial charge in [0.25, 0.3) is 5.00 Å². The standard InChI is InChI=1S/C9H4FN2O2S.Ir/c10-6-5-8(15-9(6)12(13)14)7-3-1-2-4-11-7;/h1-4H;/q-1;. The first-order valence-electron chi connectivity index (χ1n) is 3.96. The Morgan fingerprint density at radius 1 is 1.50 bits per heavy atom. The fraction of sp³-hybridized carbons (Fsp3) is 0. The molecule has 0 spiro atoms. The number of nitrogens with zero attached hydrogens (tertiary/aromatic N) is 2. The molecular formula is C9H4FIrN2O2S-. The van der Waals surface area contributed by atoms with E-state index in [2.05, 4.69) is 11.1 Å². The van der Waals surface area contributed by atoms with Gasteiger partial charge in [0.05, 0.1) is 5.82 Å². The minimum atomic E-state index is -0.939. The second-order valence-electron chi connectivity index (χ2n) is 2.65. The van der Waals surface area contributed by atoms with Crippen LogP contribution in [0.4, 0.5) is 9.39 Å². The molecule has 0 aliphatic carbocycles. The van der Waals surface area contributed by atoms with Crippen molar-refractivity contribution in [1.29, 1.82) is 0 Å². The van der Waals surface area contributed by atoms with E-state index in [1.807, 2.05) is 0 Å². The van der Waals surface area contributed by atoms with Crippen molar-refractivity contribution in [3.05, 3.63) is 46.4 Å². The second kappa shape index (κ2) is 5.25. The molecule has 0 atom stereocenters. The van der Waals surface area contributed by atoms with Gasteiger partial charge in [0.1, 0.15) is 0 Å². The zero-order chi connectivity index (χ0) is 10.8. The van der Waals surface area contributed by atoms with Gasteiger partial charge in [-0.15, -0.1) is 6.07 Å². The zero-order valence-corrected chi connectivity index (χ0v) is 10.9. The Kier molecular flexibility index (Phi) is 4.23. The molecule has 0 aliphatic heterocycles. The molecule has 0 unspecified atom stereocenters. The van der Waals surface area contributed by atoms with Gasteiger partial charge < -0.3 is 4.98 Å². The van der Waals surface area contributed by atoms with Gasteiger partial charge in [-0.05, 0) is 11.8 Å². The Morgan fingerprint density at radius 3 is 2.75 bits per heavy atom. The SMILES string of the molecule is O=[N+]([O-])c1sc(-c2ccccn2)[c-]c1F.[Ir].